The van der Waals surface area contributed by atoms with Crippen molar-refractivity contribution < 1.29 is 14.0 Å². The van der Waals surface area contributed by atoms with Crippen LogP contribution in [0.1, 0.15) is 44.3 Å². The van der Waals surface area contributed by atoms with E-state index in [0.717, 1.165) is 12.8 Å². The van der Waals surface area contributed by atoms with Gasteiger partial charge in [0.1, 0.15) is 5.76 Å². The summed E-state index contributed by atoms with van der Waals surface area (Å²) in [6, 6.07) is 3.85. The van der Waals surface area contributed by atoms with E-state index in [9.17, 15) is 9.59 Å². The van der Waals surface area contributed by atoms with Gasteiger partial charge in [0, 0.05) is 18.9 Å². The summed E-state index contributed by atoms with van der Waals surface area (Å²) in [5.74, 6) is 2.96. The minimum absolute atomic E-state index is 0.0566. The Morgan fingerprint density at radius 2 is 2.14 bits per heavy atom. The van der Waals surface area contributed by atoms with Crippen molar-refractivity contribution >= 4 is 11.8 Å². The lowest BCUT2D eigenvalue weighted by Crippen LogP contribution is -2.35. The van der Waals surface area contributed by atoms with E-state index in [0.29, 0.717) is 12.3 Å². The second kappa shape index (κ2) is 8.28. The van der Waals surface area contributed by atoms with Crippen molar-refractivity contribution in [2.75, 3.05) is 6.54 Å². The summed E-state index contributed by atoms with van der Waals surface area (Å²) >= 11 is 0. The first kappa shape index (κ1) is 16.2. The summed E-state index contributed by atoms with van der Waals surface area (Å²) in [6.07, 6.45) is 11.7. The molecule has 1 heterocycles. The normalized spacial score (nSPS) is 14.5. The van der Waals surface area contributed by atoms with Gasteiger partial charge in [-0.25, -0.2) is 0 Å². The van der Waals surface area contributed by atoms with Gasteiger partial charge in [0.2, 0.25) is 11.8 Å². The number of furan rings is 1. The molecule has 2 amide bonds. The third-order valence-electron chi connectivity index (χ3n) is 3.85. The second-order valence-electron chi connectivity index (χ2n) is 5.58. The molecular formula is C17H22N2O3. The first-order valence-electron chi connectivity index (χ1n) is 7.72. The molecule has 1 aromatic heterocycles. The number of hydrogen-bond acceptors (Lipinski definition) is 3. The molecule has 1 aliphatic rings. The number of carbonyl (C=O) groups is 2. The molecule has 0 radical (unpaired) electrons. The fourth-order valence-corrected chi connectivity index (χ4v) is 2.68. The maximum atomic E-state index is 12.2. The van der Waals surface area contributed by atoms with Crippen molar-refractivity contribution in [1.29, 1.82) is 0 Å². The molecule has 22 heavy (non-hydrogen) atoms. The van der Waals surface area contributed by atoms with E-state index in [1.807, 2.05) is 0 Å². The van der Waals surface area contributed by atoms with Crippen LogP contribution in [0.3, 0.4) is 0 Å². The Morgan fingerprint density at radius 3 is 2.77 bits per heavy atom. The molecule has 0 aliphatic heterocycles. The minimum Gasteiger partial charge on any atom is -0.467 e. The van der Waals surface area contributed by atoms with Crippen molar-refractivity contribution in [1.82, 2.24) is 10.2 Å². The van der Waals surface area contributed by atoms with Crippen LogP contribution in [0.4, 0.5) is 0 Å². The predicted octanol–water partition coefficient (Wildman–Crippen LogP) is 2.08. The molecule has 118 valence electrons. The van der Waals surface area contributed by atoms with E-state index in [1.54, 1.807) is 18.4 Å². The standard InChI is InChI=1S/C17H22N2O3/c1-2-11-19(13-15-8-5-12-22-15)17(21)10-9-16(20)18-14-6-3-4-7-14/h1,5,8,12,14H,3-4,6-7,9-11,13H2,(H,18,20). The molecule has 1 aromatic rings. The van der Waals surface area contributed by atoms with Gasteiger partial charge in [0.15, 0.2) is 0 Å². The summed E-state index contributed by atoms with van der Waals surface area (Å²) in [7, 11) is 0. The van der Waals surface area contributed by atoms with Crippen molar-refractivity contribution in [3.05, 3.63) is 24.2 Å². The highest BCUT2D eigenvalue weighted by Crippen LogP contribution is 2.17. The summed E-state index contributed by atoms with van der Waals surface area (Å²) < 4.78 is 5.23. The zero-order valence-corrected chi connectivity index (χ0v) is 12.7. The quantitative estimate of drug-likeness (QED) is 0.784. The molecule has 0 unspecified atom stereocenters. The van der Waals surface area contributed by atoms with Crippen LogP contribution < -0.4 is 5.32 Å². The molecule has 1 N–H and O–H groups in total. The average molecular weight is 302 g/mol. The van der Waals surface area contributed by atoms with E-state index in [1.165, 1.54) is 17.7 Å². The lowest BCUT2D eigenvalue weighted by molar-refractivity contribution is -0.133. The molecule has 0 bridgehead atoms. The van der Waals surface area contributed by atoms with Crippen molar-refractivity contribution in [3.63, 3.8) is 0 Å². The predicted molar refractivity (Wildman–Crippen MR) is 82.6 cm³/mol. The van der Waals surface area contributed by atoms with Gasteiger partial charge < -0.3 is 14.6 Å². The molecule has 1 aliphatic carbocycles. The van der Waals surface area contributed by atoms with Gasteiger partial charge in [-0.05, 0) is 25.0 Å². The Balaban J connectivity index is 1.77. The SMILES string of the molecule is C#CCN(Cc1ccco1)C(=O)CCC(=O)NC1CCCC1. The lowest BCUT2D eigenvalue weighted by atomic mass is 10.2. The number of hydrogen-bond donors (Lipinski definition) is 1. The average Bonchev–Trinajstić information content (AvgIpc) is 3.18. The third kappa shape index (κ3) is 4.96. The second-order valence-corrected chi connectivity index (χ2v) is 5.58. The van der Waals surface area contributed by atoms with Crippen molar-refractivity contribution in [2.24, 2.45) is 0 Å². The summed E-state index contributed by atoms with van der Waals surface area (Å²) in [6.45, 7) is 0.546. The van der Waals surface area contributed by atoms with Crippen LogP contribution in [0.2, 0.25) is 0 Å². The van der Waals surface area contributed by atoms with Gasteiger partial charge in [0.25, 0.3) is 0 Å². The van der Waals surface area contributed by atoms with E-state index < -0.39 is 0 Å². The molecular weight excluding hydrogens is 280 g/mol. The van der Waals surface area contributed by atoms with Gasteiger partial charge in [-0.1, -0.05) is 18.8 Å². The van der Waals surface area contributed by atoms with Crippen molar-refractivity contribution in [3.8, 4) is 12.3 Å². The topological polar surface area (TPSA) is 62.6 Å². The highest BCUT2D eigenvalue weighted by molar-refractivity contribution is 5.84. The summed E-state index contributed by atoms with van der Waals surface area (Å²) in [5.41, 5.74) is 0. The molecule has 0 saturated heterocycles. The third-order valence-corrected chi connectivity index (χ3v) is 3.85. The first-order chi connectivity index (χ1) is 10.7. The first-order valence-corrected chi connectivity index (χ1v) is 7.72. The molecule has 2 rings (SSSR count). The van der Waals surface area contributed by atoms with Gasteiger partial charge >= 0.3 is 0 Å². The number of rotatable bonds is 7. The van der Waals surface area contributed by atoms with Gasteiger partial charge in [-0.15, -0.1) is 6.42 Å². The van der Waals surface area contributed by atoms with Gasteiger partial charge in [-0.2, -0.15) is 0 Å². The molecule has 1 saturated carbocycles. The summed E-state index contributed by atoms with van der Waals surface area (Å²) in [4.78, 5) is 25.6. The Morgan fingerprint density at radius 1 is 1.36 bits per heavy atom. The van der Waals surface area contributed by atoms with E-state index in [-0.39, 0.29) is 37.2 Å². The van der Waals surface area contributed by atoms with E-state index in [2.05, 4.69) is 11.2 Å². The number of terminal acetylenes is 1. The van der Waals surface area contributed by atoms with Crippen LogP contribution in [0.25, 0.3) is 0 Å². The van der Waals surface area contributed by atoms with E-state index in [4.69, 9.17) is 10.8 Å². The monoisotopic (exact) mass is 302 g/mol. The zero-order chi connectivity index (χ0) is 15.8. The maximum Gasteiger partial charge on any atom is 0.224 e. The molecule has 5 nitrogen and oxygen atoms in total. The zero-order valence-electron chi connectivity index (χ0n) is 12.7. The van der Waals surface area contributed by atoms with Crippen LogP contribution in [-0.2, 0) is 16.1 Å². The lowest BCUT2D eigenvalue weighted by Gasteiger charge is -2.19. The van der Waals surface area contributed by atoms with Crippen molar-refractivity contribution in [2.45, 2.75) is 51.1 Å². The molecule has 0 atom stereocenters. The Labute approximate surface area is 131 Å². The van der Waals surface area contributed by atoms with E-state index >= 15 is 0 Å². The number of carbonyl (C=O) groups excluding carboxylic acids is 2. The molecule has 5 heteroatoms. The largest absolute Gasteiger partial charge is 0.467 e. The molecule has 0 aromatic carbocycles. The van der Waals surface area contributed by atoms with Gasteiger partial charge in [-0.3, -0.25) is 9.59 Å². The summed E-state index contributed by atoms with van der Waals surface area (Å²) in [5, 5.41) is 2.98. The van der Waals surface area contributed by atoms with Crippen LogP contribution in [-0.4, -0.2) is 29.3 Å². The Bertz CT molecular complexity index is 525. The highest BCUT2D eigenvalue weighted by Gasteiger charge is 2.19. The van der Waals surface area contributed by atoms with Crippen LogP contribution in [0, 0.1) is 12.3 Å². The van der Waals surface area contributed by atoms with Crippen LogP contribution in [0.15, 0.2) is 22.8 Å². The van der Waals surface area contributed by atoms with Gasteiger partial charge in [0.05, 0.1) is 19.4 Å². The smallest absolute Gasteiger partial charge is 0.224 e. The number of nitrogens with zero attached hydrogens (tertiary/aromatic N) is 1. The molecule has 1 fully saturated rings. The highest BCUT2D eigenvalue weighted by atomic mass is 16.3. The fraction of sp³-hybridized carbons (Fsp3) is 0.529. The number of nitrogens with one attached hydrogen (secondary N) is 1. The fourth-order valence-electron chi connectivity index (χ4n) is 2.68. The Hall–Kier alpha value is -2.22. The molecule has 0 spiro atoms. The van der Waals surface area contributed by atoms with Crippen LogP contribution >= 0.6 is 0 Å². The minimum atomic E-state index is -0.129. The van der Waals surface area contributed by atoms with Crippen LogP contribution in [0.5, 0.6) is 0 Å². The maximum absolute atomic E-state index is 12.2. The number of amides is 2. The Kier molecular flexibility index (Phi) is 6.08.